The van der Waals surface area contributed by atoms with E-state index in [9.17, 15) is 9.59 Å². The van der Waals surface area contributed by atoms with Gasteiger partial charge in [0.15, 0.2) is 5.65 Å². The molecule has 27 heavy (non-hydrogen) atoms. The minimum absolute atomic E-state index is 0.0888. The Morgan fingerprint density at radius 1 is 1.15 bits per heavy atom. The number of carbonyl (C=O) groups excluding carboxylic acids is 1. The number of H-pyrrole nitrogens is 1. The van der Waals surface area contributed by atoms with Crippen LogP contribution in [0.2, 0.25) is 0 Å². The predicted molar refractivity (Wildman–Crippen MR) is 105 cm³/mol. The Balaban J connectivity index is 1.67. The number of benzene rings is 1. The summed E-state index contributed by atoms with van der Waals surface area (Å²) in [5.41, 5.74) is 5.21. The highest BCUT2D eigenvalue weighted by molar-refractivity contribution is 6.05. The first-order chi connectivity index (χ1) is 12.8. The van der Waals surface area contributed by atoms with Crippen molar-refractivity contribution in [3.8, 4) is 0 Å². The second kappa shape index (κ2) is 6.37. The van der Waals surface area contributed by atoms with E-state index in [1.54, 1.807) is 17.8 Å². The second-order valence-electron chi connectivity index (χ2n) is 7.67. The van der Waals surface area contributed by atoms with E-state index < -0.39 is 0 Å². The largest absolute Gasteiger partial charge is 0.338 e. The minimum Gasteiger partial charge on any atom is -0.338 e. The smallest absolute Gasteiger partial charge is 0.274 e. The summed E-state index contributed by atoms with van der Waals surface area (Å²) in [6, 6.07) is 8.31. The van der Waals surface area contributed by atoms with E-state index in [4.69, 9.17) is 0 Å². The number of pyridine rings is 1. The zero-order valence-electron chi connectivity index (χ0n) is 16.2. The first-order valence-electron chi connectivity index (χ1n) is 9.27. The fraction of sp³-hybridized carbons (Fsp3) is 0.381. The number of carbonyl (C=O) groups is 1. The molecule has 3 heterocycles. The van der Waals surface area contributed by atoms with Gasteiger partial charge < -0.3 is 4.90 Å². The van der Waals surface area contributed by atoms with Crippen LogP contribution in [0.15, 0.2) is 29.1 Å². The summed E-state index contributed by atoms with van der Waals surface area (Å²) in [6.07, 6.45) is 0.937. The van der Waals surface area contributed by atoms with Gasteiger partial charge in [0.1, 0.15) is 0 Å². The average molecular weight is 364 g/mol. The first kappa shape index (κ1) is 17.5. The van der Waals surface area contributed by atoms with Crippen molar-refractivity contribution in [3.63, 3.8) is 0 Å². The molecule has 1 aliphatic rings. The number of nitrogens with zero attached hydrogens (tertiary/aromatic N) is 3. The summed E-state index contributed by atoms with van der Waals surface area (Å²) in [4.78, 5) is 31.8. The van der Waals surface area contributed by atoms with Gasteiger partial charge in [-0.15, -0.1) is 0 Å². The minimum atomic E-state index is -0.270. The quantitative estimate of drug-likeness (QED) is 0.760. The van der Waals surface area contributed by atoms with Crippen LogP contribution in [0.1, 0.15) is 45.1 Å². The van der Waals surface area contributed by atoms with Crippen LogP contribution in [0.5, 0.6) is 0 Å². The standard InChI is InChI=1S/C21H24N4O2/c1-12-7-13(2)9-16(8-12)15-5-6-25(11-15)21(27)17-10-14(3)22-19-18(17)20(26)23-24(19)4/h7-10,15H,5-6,11H2,1-4H3,(H,23,26). The molecule has 1 fully saturated rings. The molecule has 2 aromatic heterocycles. The van der Waals surface area contributed by atoms with Crippen LogP contribution < -0.4 is 5.56 Å². The Hall–Kier alpha value is -2.89. The number of rotatable bonds is 2. The highest BCUT2D eigenvalue weighted by Gasteiger charge is 2.30. The number of fused-ring (bicyclic) bond motifs is 1. The van der Waals surface area contributed by atoms with Crippen molar-refractivity contribution in [2.45, 2.75) is 33.1 Å². The Kier molecular flexibility index (Phi) is 4.13. The monoisotopic (exact) mass is 364 g/mol. The molecule has 0 aliphatic carbocycles. The Morgan fingerprint density at radius 2 is 1.85 bits per heavy atom. The molecule has 0 saturated carbocycles. The number of nitrogens with one attached hydrogen (secondary N) is 1. The molecular weight excluding hydrogens is 340 g/mol. The van der Waals surface area contributed by atoms with Gasteiger partial charge in [0.25, 0.3) is 11.5 Å². The predicted octanol–water partition coefficient (Wildman–Crippen LogP) is 2.82. The number of hydrogen-bond acceptors (Lipinski definition) is 3. The topological polar surface area (TPSA) is 71.0 Å². The molecule has 1 saturated heterocycles. The van der Waals surface area contributed by atoms with E-state index in [1.165, 1.54) is 16.7 Å². The number of amides is 1. The Morgan fingerprint density at radius 3 is 2.56 bits per heavy atom. The van der Waals surface area contributed by atoms with Crippen molar-refractivity contribution < 1.29 is 4.79 Å². The molecule has 6 heteroatoms. The molecule has 1 aromatic carbocycles. The normalized spacial score (nSPS) is 17.0. The lowest BCUT2D eigenvalue weighted by Gasteiger charge is -2.18. The van der Waals surface area contributed by atoms with Crippen LogP contribution in [-0.2, 0) is 7.05 Å². The maximum Gasteiger partial charge on any atom is 0.274 e. The van der Waals surface area contributed by atoms with Gasteiger partial charge in [-0.25, -0.2) is 4.98 Å². The number of aromatic amines is 1. The molecule has 3 aromatic rings. The summed E-state index contributed by atoms with van der Waals surface area (Å²) in [5.74, 6) is 0.245. The lowest BCUT2D eigenvalue weighted by atomic mass is 9.95. The Bertz CT molecular complexity index is 1090. The Labute approximate surface area is 157 Å². The zero-order chi connectivity index (χ0) is 19.3. The zero-order valence-corrected chi connectivity index (χ0v) is 16.2. The van der Waals surface area contributed by atoms with Gasteiger partial charge in [-0.05, 0) is 38.8 Å². The van der Waals surface area contributed by atoms with Gasteiger partial charge in [0.2, 0.25) is 0 Å². The summed E-state index contributed by atoms with van der Waals surface area (Å²) >= 11 is 0. The van der Waals surface area contributed by atoms with Crippen molar-refractivity contribution in [1.29, 1.82) is 0 Å². The lowest BCUT2D eigenvalue weighted by Crippen LogP contribution is -2.29. The van der Waals surface area contributed by atoms with Crippen molar-refractivity contribution in [3.05, 3.63) is 62.6 Å². The lowest BCUT2D eigenvalue weighted by molar-refractivity contribution is 0.0792. The molecule has 4 rings (SSSR count). The number of hydrogen-bond donors (Lipinski definition) is 1. The van der Waals surface area contributed by atoms with E-state index in [-0.39, 0.29) is 11.5 Å². The maximum absolute atomic E-state index is 13.2. The third kappa shape index (κ3) is 3.05. The van der Waals surface area contributed by atoms with Crippen molar-refractivity contribution >= 4 is 16.9 Å². The third-order valence-electron chi connectivity index (χ3n) is 5.36. The van der Waals surface area contributed by atoms with Crippen LogP contribution in [0, 0.1) is 20.8 Å². The third-order valence-corrected chi connectivity index (χ3v) is 5.36. The second-order valence-corrected chi connectivity index (χ2v) is 7.67. The van der Waals surface area contributed by atoms with E-state index in [2.05, 4.69) is 42.1 Å². The first-order valence-corrected chi connectivity index (χ1v) is 9.27. The fourth-order valence-corrected chi connectivity index (χ4v) is 4.19. The van der Waals surface area contributed by atoms with Crippen LogP contribution in [0.25, 0.3) is 11.0 Å². The highest BCUT2D eigenvalue weighted by atomic mass is 16.2. The maximum atomic E-state index is 13.2. The molecule has 1 N–H and O–H groups in total. The van der Waals surface area contributed by atoms with Gasteiger partial charge in [-0.2, -0.15) is 0 Å². The molecule has 0 radical (unpaired) electrons. The molecule has 0 bridgehead atoms. The SMILES string of the molecule is Cc1cc(C)cc(C2CCN(C(=O)c3cc(C)nc4c3c(=O)[nH]n4C)C2)c1. The molecule has 0 spiro atoms. The van der Waals surface area contributed by atoms with Gasteiger partial charge >= 0.3 is 0 Å². The van der Waals surface area contributed by atoms with Crippen molar-refractivity contribution in [2.75, 3.05) is 13.1 Å². The summed E-state index contributed by atoms with van der Waals surface area (Å²) in [5, 5.41) is 3.08. The summed E-state index contributed by atoms with van der Waals surface area (Å²) in [7, 11) is 1.73. The number of aromatic nitrogens is 3. The molecule has 1 aliphatic heterocycles. The van der Waals surface area contributed by atoms with Crippen LogP contribution in [0.3, 0.4) is 0 Å². The molecule has 140 valence electrons. The van der Waals surface area contributed by atoms with Gasteiger partial charge in [-0.3, -0.25) is 19.4 Å². The summed E-state index contributed by atoms with van der Waals surface area (Å²) < 4.78 is 1.57. The number of aryl methyl sites for hydroxylation is 4. The molecular formula is C21H24N4O2. The number of likely N-dealkylation sites (tertiary alicyclic amines) is 1. The van der Waals surface area contributed by atoms with Crippen molar-refractivity contribution in [1.82, 2.24) is 19.7 Å². The van der Waals surface area contributed by atoms with Crippen LogP contribution >= 0.6 is 0 Å². The van der Waals surface area contributed by atoms with E-state index in [0.29, 0.717) is 35.6 Å². The van der Waals surface area contributed by atoms with Gasteiger partial charge in [0.05, 0.1) is 10.9 Å². The van der Waals surface area contributed by atoms with Crippen LogP contribution in [0.4, 0.5) is 0 Å². The summed E-state index contributed by atoms with van der Waals surface area (Å²) in [6.45, 7) is 7.43. The average Bonchev–Trinajstić information content (AvgIpc) is 3.18. The molecule has 1 unspecified atom stereocenters. The van der Waals surface area contributed by atoms with Gasteiger partial charge in [0, 0.05) is 31.7 Å². The van der Waals surface area contributed by atoms with E-state index >= 15 is 0 Å². The van der Waals surface area contributed by atoms with E-state index in [0.717, 1.165) is 12.1 Å². The molecule has 1 amide bonds. The highest BCUT2D eigenvalue weighted by Crippen LogP contribution is 2.30. The van der Waals surface area contributed by atoms with Crippen molar-refractivity contribution in [2.24, 2.45) is 7.05 Å². The fourth-order valence-electron chi connectivity index (χ4n) is 4.19. The molecule has 1 atom stereocenters. The molecule has 6 nitrogen and oxygen atoms in total. The van der Waals surface area contributed by atoms with Gasteiger partial charge in [-0.1, -0.05) is 29.3 Å². The van der Waals surface area contributed by atoms with Crippen LogP contribution in [-0.4, -0.2) is 38.7 Å². The van der Waals surface area contributed by atoms with E-state index in [1.807, 2.05) is 11.8 Å².